The number of nitrogens with zero attached hydrogens (tertiary/aromatic N) is 3. The van der Waals surface area contributed by atoms with Crippen molar-refractivity contribution in [1.29, 1.82) is 0 Å². The lowest BCUT2D eigenvalue weighted by Gasteiger charge is -2.17. The van der Waals surface area contributed by atoms with Crippen LogP contribution in [0, 0.1) is 6.92 Å². The third-order valence-corrected chi connectivity index (χ3v) is 8.17. The number of pyridine rings is 1. The van der Waals surface area contributed by atoms with Gasteiger partial charge < -0.3 is 5.32 Å². The number of hydrogen-bond donors (Lipinski definition) is 1. The van der Waals surface area contributed by atoms with Gasteiger partial charge in [0.15, 0.2) is 0 Å². The second-order valence-corrected chi connectivity index (χ2v) is 10.5. The number of thiophene rings is 1. The topological polar surface area (TPSA) is 59.8 Å². The minimum Gasteiger partial charge on any atom is -0.355 e. The summed E-state index contributed by atoms with van der Waals surface area (Å²) in [6.07, 6.45) is 5.31. The molecule has 0 unspecified atom stereocenters. The van der Waals surface area contributed by atoms with Gasteiger partial charge in [0.1, 0.15) is 4.83 Å². The summed E-state index contributed by atoms with van der Waals surface area (Å²) in [5, 5.41) is 5.75. The second-order valence-electron chi connectivity index (χ2n) is 9.03. The van der Waals surface area contributed by atoms with Crippen molar-refractivity contribution in [3.8, 4) is 5.69 Å². The Hall–Kier alpha value is -3.22. The minimum atomic E-state index is -0.109. The van der Waals surface area contributed by atoms with Crippen LogP contribution < -0.4 is 10.9 Å². The van der Waals surface area contributed by atoms with E-state index in [1.54, 1.807) is 28.0 Å². The molecule has 3 heterocycles. The second kappa shape index (κ2) is 9.10. The van der Waals surface area contributed by atoms with Crippen molar-refractivity contribution in [3.63, 3.8) is 0 Å². The first-order valence-corrected chi connectivity index (χ1v) is 13.2. The number of rotatable bonds is 5. The number of halogens is 1. The van der Waals surface area contributed by atoms with Crippen LogP contribution in [0.2, 0.25) is 5.02 Å². The molecule has 1 N–H and O–H groups in total. The lowest BCUT2D eigenvalue weighted by Crippen LogP contribution is -2.25. The Bertz CT molecular complexity index is 1610. The zero-order valence-electron chi connectivity index (χ0n) is 19.5. The van der Waals surface area contributed by atoms with E-state index in [0.717, 1.165) is 52.8 Å². The monoisotopic (exact) mass is 500 g/mol. The van der Waals surface area contributed by atoms with Crippen molar-refractivity contribution in [2.45, 2.75) is 39.0 Å². The molecular weight excluding hydrogens is 476 g/mol. The van der Waals surface area contributed by atoms with Gasteiger partial charge in [0.05, 0.1) is 22.3 Å². The van der Waals surface area contributed by atoms with E-state index < -0.39 is 0 Å². The third kappa shape index (κ3) is 4.01. The first-order chi connectivity index (χ1) is 17.1. The largest absolute Gasteiger partial charge is 0.355 e. The maximum Gasteiger partial charge on any atom is 0.269 e. The van der Waals surface area contributed by atoms with Crippen LogP contribution in [0.15, 0.2) is 59.4 Å². The predicted molar refractivity (Wildman–Crippen MR) is 146 cm³/mol. The van der Waals surface area contributed by atoms with Crippen molar-refractivity contribution >= 4 is 50.0 Å². The Labute approximate surface area is 212 Å². The van der Waals surface area contributed by atoms with Crippen LogP contribution in [0.25, 0.3) is 26.8 Å². The van der Waals surface area contributed by atoms with Crippen molar-refractivity contribution in [2.24, 2.45) is 0 Å². The number of fused-ring (bicyclic) bond motifs is 5. The van der Waals surface area contributed by atoms with E-state index >= 15 is 0 Å². The standard InChI is InChI=1S/C28H25ClN4OS/c1-17-23-25(24-21-9-5-6-10-22(21)35-26(24)31-17)32-28(30-16-15-18-7-3-2-4-8-18)33(27(23)34)20-13-11-19(29)12-14-20/h2-4,7-8,11-14H,5-6,9-10,15-16H2,1H3,(H,30,32). The summed E-state index contributed by atoms with van der Waals surface area (Å²) in [6, 6.07) is 17.6. The molecule has 0 amide bonds. The first kappa shape index (κ1) is 22.3. The maximum atomic E-state index is 14.0. The van der Waals surface area contributed by atoms with Crippen LogP contribution in [0.1, 0.15) is 34.5 Å². The fourth-order valence-corrected chi connectivity index (χ4v) is 6.46. The van der Waals surface area contributed by atoms with Gasteiger partial charge in [-0.25, -0.2) is 14.5 Å². The van der Waals surface area contributed by atoms with Crippen LogP contribution >= 0.6 is 22.9 Å². The molecule has 0 fully saturated rings. The van der Waals surface area contributed by atoms with Crippen molar-refractivity contribution in [3.05, 3.63) is 91.7 Å². The lowest BCUT2D eigenvalue weighted by atomic mass is 9.96. The summed E-state index contributed by atoms with van der Waals surface area (Å²) < 4.78 is 1.66. The minimum absolute atomic E-state index is 0.109. The molecule has 6 rings (SSSR count). The molecule has 2 aromatic carbocycles. The number of benzene rings is 2. The number of nitrogens with one attached hydrogen (secondary N) is 1. The molecule has 35 heavy (non-hydrogen) atoms. The number of anilines is 1. The molecule has 1 aliphatic carbocycles. The zero-order valence-corrected chi connectivity index (χ0v) is 21.0. The van der Waals surface area contributed by atoms with Gasteiger partial charge in [-0.1, -0.05) is 41.9 Å². The van der Waals surface area contributed by atoms with Gasteiger partial charge in [-0.05, 0) is 74.4 Å². The summed E-state index contributed by atoms with van der Waals surface area (Å²) >= 11 is 7.91. The molecule has 1 aliphatic rings. The van der Waals surface area contributed by atoms with Crippen LogP contribution in [-0.2, 0) is 19.3 Å². The Kier molecular flexibility index (Phi) is 5.78. The van der Waals surface area contributed by atoms with Gasteiger partial charge >= 0.3 is 0 Å². The molecular formula is C28H25ClN4OS. The van der Waals surface area contributed by atoms with Crippen molar-refractivity contribution in [1.82, 2.24) is 14.5 Å². The highest BCUT2D eigenvalue weighted by Crippen LogP contribution is 2.39. The van der Waals surface area contributed by atoms with Crippen LogP contribution in [-0.4, -0.2) is 21.1 Å². The Morgan fingerprint density at radius 1 is 1.00 bits per heavy atom. The maximum absolute atomic E-state index is 14.0. The van der Waals surface area contributed by atoms with Gasteiger partial charge in [0.2, 0.25) is 5.95 Å². The highest BCUT2D eigenvalue weighted by Gasteiger charge is 2.24. The molecule has 3 aromatic heterocycles. The molecule has 5 nitrogen and oxygen atoms in total. The lowest BCUT2D eigenvalue weighted by molar-refractivity contribution is 0.700. The van der Waals surface area contributed by atoms with Crippen molar-refractivity contribution in [2.75, 3.05) is 11.9 Å². The molecule has 0 spiro atoms. The fraction of sp³-hybridized carbons (Fsp3) is 0.250. The SMILES string of the molecule is Cc1nc2sc3c(c2c2nc(NCCc4ccccc4)n(-c4ccc(Cl)cc4)c(=O)c12)CCCC3. The van der Waals surface area contributed by atoms with E-state index in [4.69, 9.17) is 21.6 Å². The molecule has 0 saturated carbocycles. The fourth-order valence-electron chi connectivity index (χ4n) is 5.02. The Morgan fingerprint density at radius 2 is 1.77 bits per heavy atom. The highest BCUT2D eigenvalue weighted by atomic mass is 35.5. The highest BCUT2D eigenvalue weighted by molar-refractivity contribution is 7.19. The number of hydrogen-bond acceptors (Lipinski definition) is 5. The van der Waals surface area contributed by atoms with E-state index in [-0.39, 0.29) is 5.56 Å². The number of aromatic nitrogens is 3. The normalized spacial score (nSPS) is 13.3. The summed E-state index contributed by atoms with van der Waals surface area (Å²) in [5.41, 5.74) is 4.67. The smallest absolute Gasteiger partial charge is 0.269 e. The quantitative estimate of drug-likeness (QED) is 0.299. The average Bonchev–Trinajstić information content (AvgIpc) is 3.24. The van der Waals surface area contributed by atoms with E-state index in [9.17, 15) is 4.79 Å². The van der Waals surface area contributed by atoms with Gasteiger partial charge in [0.25, 0.3) is 5.56 Å². The summed E-state index contributed by atoms with van der Waals surface area (Å²) in [7, 11) is 0. The van der Waals surface area contributed by atoms with E-state index in [1.165, 1.54) is 22.4 Å². The van der Waals surface area contributed by atoms with Crippen LogP contribution in [0.4, 0.5) is 5.95 Å². The Balaban J connectivity index is 1.56. The van der Waals surface area contributed by atoms with Gasteiger partial charge in [0, 0.05) is 21.8 Å². The zero-order chi connectivity index (χ0) is 23.9. The van der Waals surface area contributed by atoms with Gasteiger partial charge in [-0.2, -0.15) is 0 Å². The third-order valence-electron chi connectivity index (χ3n) is 6.73. The van der Waals surface area contributed by atoms with Gasteiger partial charge in [-0.15, -0.1) is 11.3 Å². The molecule has 0 saturated heterocycles. The molecule has 0 aliphatic heterocycles. The number of aryl methyl sites for hydroxylation is 3. The molecule has 0 radical (unpaired) electrons. The Morgan fingerprint density at radius 3 is 2.57 bits per heavy atom. The molecule has 176 valence electrons. The summed E-state index contributed by atoms with van der Waals surface area (Å²) in [6.45, 7) is 2.57. The van der Waals surface area contributed by atoms with E-state index in [0.29, 0.717) is 22.9 Å². The van der Waals surface area contributed by atoms with Crippen LogP contribution in [0.3, 0.4) is 0 Å². The van der Waals surface area contributed by atoms with Crippen molar-refractivity contribution < 1.29 is 0 Å². The predicted octanol–water partition coefficient (Wildman–Crippen LogP) is 6.49. The molecule has 0 bridgehead atoms. The van der Waals surface area contributed by atoms with Crippen LogP contribution in [0.5, 0.6) is 0 Å². The summed E-state index contributed by atoms with van der Waals surface area (Å²) in [5.74, 6) is 0.545. The first-order valence-electron chi connectivity index (χ1n) is 12.0. The van der Waals surface area contributed by atoms with E-state index in [1.807, 2.05) is 37.3 Å². The molecule has 7 heteroatoms. The average molecular weight is 501 g/mol. The summed E-state index contributed by atoms with van der Waals surface area (Å²) in [4.78, 5) is 26.4. The van der Waals surface area contributed by atoms with Gasteiger partial charge in [-0.3, -0.25) is 4.79 Å². The van der Waals surface area contributed by atoms with E-state index in [2.05, 4.69) is 17.4 Å². The molecule has 0 atom stereocenters. The molecule has 5 aromatic rings.